The van der Waals surface area contributed by atoms with Crippen molar-refractivity contribution >= 4 is 44.3 Å². The summed E-state index contributed by atoms with van der Waals surface area (Å²) in [6.07, 6.45) is 0.863. The van der Waals surface area contributed by atoms with Gasteiger partial charge in [0.2, 0.25) is 5.43 Å². The standard InChI is InChI=1S/C21H19BrF3N5O3/c1-8(2)27-9-5-29(6-9)17-12(23)3-10-16(15(17)22)30(7-11(18(10)31)21(32)33)20-14(25)4-13(24)19(26)28-20/h3-4,7-9,27H,5-6H2,1-2H3,(H2,26,28)(H,32,33). The molecule has 0 spiro atoms. The number of fused-ring (bicyclic) bond motifs is 1. The monoisotopic (exact) mass is 525 g/mol. The van der Waals surface area contributed by atoms with Gasteiger partial charge in [0.05, 0.1) is 21.1 Å². The Hall–Kier alpha value is -3.12. The van der Waals surface area contributed by atoms with Crippen LogP contribution in [0.4, 0.5) is 24.7 Å². The predicted molar refractivity (Wildman–Crippen MR) is 121 cm³/mol. The van der Waals surface area contributed by atoms with Crippen LogP contribution in [0.5, 0.6) is 0 Å². The van der Waals surface area contributed by atoms with Gasteiger partial charge in [-0.2, -0.15) is 0 Å². The molecule has 4 rings (SSSR count). The van der Waals surface area contributed by atoms with Crippen molar-refractivity contribution in [3.05, 3.63) is 56.0 Å². The lowest BCUT2D eigenvalue weighted by molar-refractivity contribution is 0.0695. The summed E-state index contributed by atoms with van der Waals surface area (Å²) in [5.41, 5.74) is 3.89. The average Bonchev–Trinajstić information content (AvgIpc) is 2.69. The van der Waals surface area contributed by atoms with Crippen molar-refractivity contribution in [3.63, 3.8) is 0 Å². The number of carboxylic acids is 1. The molecule has 3 heterocycles. The molecule has 174 valence electrons. The number of carboxylic acid groups (broad SMARTS) is 1. The number of hydrogen-bond donors (Lipinski definition) is 3. The van der Waals surface area contributed by atoms with E-state index in [2.05, 4.69) is 26.2 Å². The second kappa shape index (κ2) is 8.34. The van der Waals surface area contributed by atoms with Gasteiger partial charge in [0.15, 0.2) is 23.3 Å². The van der Waals surface area contributed by atoms with Gasteiger partial charge >= 0.3 is 5.97 Å². The van der Waals surface area contributed by atoms with Crippen molar-refractivity contribution in [2.45, 2.75) is 25.9 Å². The molecular formula is C21H19BrF3N5O3. The number of halogens is 4. The lowest BCUT2D eigenvalue weighted by atomic mass is 10.0. The van der Waals surface area contributed by atoms with Crippen LogP contribution in [0.2, 0.25) is 0 Å². The Bertz CT molecular complexity index is 1360. The highest BCUT2D eigenvalue weighted by Gasteiger charge is 2.32. The van der Waals surface area contributed by atoms with E-state index in [4.69, 9.17) is 5.73 Å². The maximum absolute atomic E-state index is 15.1. The third-order valence-corrected chi connectivity index (χ3v) is 6.07. The van der Waals surface area contributed by atoms with Crippen LogP contribution < -0.4 is 21.4 Å². The van der Waals surface area contributed by atoms with Crippen molar-refractivity contribution in [2.24, 2.45) is 0 Å². The van der Waals surface area contributed by atoms with Gasteiger partial charge in [0.1, 0.15) is 11.4 Å². The molecule has 0 amide bonds. The molecule has 0 bridgehead atoms. The number of nitrogens with two attached hydrogens (primary N) is 1. The highest BCUT2D eigenvalue weighted by Crippen LogP contribution is 2.39. The molecule has 0 radical (unpaired) electrons. The first kappa shape index (κ1) is 23.1. The van der Waals surface area contributed by atoms with Crippen LogP contribution in [0.25, 0.3) is 16.7 Å². The zero-order valence-corrected chi connectivity index (χ0v) is 19.1. The SMILES string of the molecule is CC(C)NC1CN(c2c(F)cc3c(=O)c(C(=O)O)cn(-c4nc(N)c(F)cc4F)c3c2Br)C1. The number of nitrogens with one attached hydrogen (secondary N) is 1. The summed E-state index contributed by atoms with van der Waals surface area (Å²) in [4.78, 5) is 29.9. The topological polar surface area (TPSA) is 113 Å². The van der Waals surface area contributed by atoms with Crippen LogP contribution in [-0.2, 0) is 0 Å². The van der Waals surface area contributed by atoms with E-state index in [1.165, 1.54) is 0 Å². The number of anilines is 2. The summed E-state index contributed by atoms with van der Waals surface area (Å²) in [6.45, 7) is 4.94. The number of pyridine rings is 2. The number of benzene rings is 1. The maximum Gasteiger partial charge on any atom is 0.341 e. The number of aromatic carboxylic acids is 1. The molecule has 0 aliphatic carbocycles. The van der Waals surface area contributed by atoms with Gasteiger partial charge in [0.25, 0.3) is 0 Å². The molecule has 1 aromatic carbocycles. The number of hydrogen-bond acceptors (Lipinski definition) is 6. The fourth-order valence-corrected chi connectivity index (χ4v) is 4.74. The van der Waals surface area contributed by atoms with Crippen molar-refractivity contribution in [3.8, 4) is 5.82 Å². The first-order valence-electron chi connectivity index (χ1n) is 9.93. The van der Waals surface area contributed by atoms with Crippen LogP contribution in [-0.4, -0.2) is 45.8 Å². The van der Waals surface area contributed by atoms with Gasteiger partial charge in [0, 0.05) is 37.4 Å². The van der Waals surface area contributed by atoms with E-state index in [0.29, 0.717) is 19.2 Å². The zero-order chi connectivity index (χ0) is 24.2. The van der Waals surface area contributed by atoms with Crippen LogP contribution in [0.3, 0.4) is 0 Å². The summed E-state index contributed by atoms with van der Waals surface area (Å²) in [5.74, 6) is -5.77. The molecule has 1 fully saturated rings. The molecule has 2 aromatic heterocycles. The average molecular weight is 526 g/mol. The molecule has 0 unspecified atom stereocenters. The molecule has 1 aliphatic heterocycles. The van der Waals surface area contributed by atoms with Gasteiger partial charge in [-0.1, -0.05) is 13.8 Å². The van der Waals surface area contributed by atoms with Crippen LogP contribution in [0, 0.1) is 17.5 Å². The van der Waals surface area contributed by atoms with Crippen molar-refractivity contribution in [1.29, 1.82) is 0 Å². The first-order valence-corrected chi connectivity index (χ1v) is 10.7. The quantitative estimate of drug-likeness (QED) is 0.469. The Labute approximate surface area is 193 Å². The van der Waals surface area contributed by atoms with E-state index in [0.717, 1.165) is 16.8 Å². The summed E-state index contributed by atoms with van der Waals surface area (Å²) < 4.78 is 44.6. The summed E-state index contributed by atoms with van der Waals surface area (Å²) >= 11 is 3.32. The molecule has 8 nitrogen and oxygen atoms in total. The van der Waals surface area contributed by atoms with Gasteiger partial charge in [-0.3, -0.25) is 9.36 Å². The van der Waals surface area contributed by atoms with Crippen LogP contribution in [0.15, 0.2) is 27.6 Å². The van der Waals surface area contributed by atoms with E-state index in [1.54, 1.807) is 4.90 Å². The Morgan fingerprint density at radius 2 is 1.91 bits per heavy atom. The summed E-state index contributed by atoms with van der Waals surface area (Å²) in [6, 6.07) is 1.77. The molecule has 12 heteroatoms. The molecule has 0 saturated carbocycles. The number of nitrogen functional groups attached to an aromatic ring is 1. The van der Waals surface area contributed by atoms with Gasteiger partial charge in [-0.25, -0.2) is 22.9 Å². The fourth-order valence-electron chi connectivity index (χ4n) is 3.89. The largest absolute Gasteiger partial charge is 0.477 e. The molecule has 1 saturated heterocycles. The van der Waals surface area contributed by atoms with E-state index in [9.17, 15) is 23.5 Å². The fraction of sp³-hybridized carbons (Fsp3) is 0.286. The lowest BCUT2D eigenvalue weighted by Crippen LogP contribution is -2.59. The number of carbonyl (C=O) groups is 1. The third-order valence-electron chi connectivity index (χ3n) is 5.32. The van der Waals surface area contributed by atoms with Crippen molar-refractivity contribution in [1.82, 2.24) is 14.9 Å². The van der Waals surface area contributed by atoms with E-state index in [1.807, 2.05) is 13.8 Å². The minimum absolute atomic E-state index is 0.0286. The lowest BCUT2D eigenvalue weighted by Gasteiger charge is -2.43. The van der Waals surface area contributed by atoms with Gasteiger partial charge < -0.3 is 21.1 Å². The minimum Gasteiger partial charge on any atom is -0.477 e. The molecule has 4 N–H and O–H groups in total. The number of nitrogens with zero attached hydrogens (tertiary/aromatic N) is 3. The van der Waals surface area contributed by atoms with E-state index < -0.39 is 46.0 Å². The predicted octanol–water partition coefficient (Wildman–Crippen LogP) is 3.03. The zero-order valence-electron chi connectivity index (χ0n) is 17.5. The van der Waals surface area contributed by atoms with E-state index >= 15 is 4.39 Å². The highest BCUT2D eigenvalue weighted by atomic mass is 79.9. The van der Waals surface area contributed by atoms with Crippen molar-refractivity contribution < 1.29 is 23.1 Å². The Morgan fingerprint density at radius 3 is 2.52 bits per heavy atom. The Balaban J connectivity index is 1.99. The second-order valence-corrected chi connectivity index (χ2v) is 8.84. The van der Waals surface area contributed by atoms with Crippen LogP contribution in [0.1, 0.15) is 24.2 Å². The Kier molecular flexibility index (Phi) is 5.83. The van der Waals surface area contributed by atoms with Crippen LogP contribution >= 0.6 is 15.9 Å². The Morgan fingerprint density at radius 1 is 1.24 bits per heavy atom. The smallest absolute Gasteiger partial charge is 0.341 e. The summed E-state index contributed by atoms with van der Waals surface area (Å²) in [7, 11) is 0. The third kappa shape index (κ3) is 3.93. The number of rotatable bonds is 5. The number of aromatic nitrogens is 2. The maximum atomic E-state index is 15.1. The molecular weight excluding hydrogens is 507 g/mol. The molecule has 3 aromatic rings. The molecule has 33 heavy (non-hydrogen) atoms. The van der Waals surface area contributed by atoms with Crippen molar-refractivity contribution in [2.75, 3.05) is 23.7 Å². The summed E-state index contributed by atoms with van der Waals surface area (Å²) in [5, 5.41) is 12.5. The van der Waals surface area contributed by atoms with Gasteiger partial charge in [-0.15, -0.1) is 0 Å². The van der Waals surface area contributed by atoms with Gasteiger partial charge in [-0.05, 0) is 22.0 Å². The molecule has 0 atom stereocenters. The molecule has 1 aliphatic rings. The highest BCUT2D eigenvalue weighted by molar-refractivity contribution is 9.10. The normalized spacial score (nSPS) is 14.2. The second-order valence-electron chi connectivity index (χ2n) is 8.05. The van der Waals surface area contributed by atoms with E-state index in [-0.39, 0.29) is 33.1 Å². The minimum atomic E-state index is -1.60. The first-order chi connectivity index (χ1) is 15.5.